The summed E-state index contributed by atoms with van der Waals surface area (Å²) in [6.07, 6.45) is 6.78. The van der Waals surface area contributed by atoms with Crippen molar-refractivity contribution in [3.63, 3.8) is 0 Å². The predicted molar refractivity (Wildman–Crippen MR) is 78.2 cm³/mol. The molecular weight excluding hydrogens is 238 g/mol. The predicted octanol–water partition coefficient (Wildman–Crippen LogP) is 2.13. The number of terminal acetylenes is 1. The summed E-state index contributed by atoms with van der Waals surface area (Å²) in [7, 11) is 0. The third-order valence-corrected chi connectivity index (χ3v) is 2.84. The lowest BCUT2D eigenvalue weighted by molar-refractivity contribution is 0.105. The van der Waals surface area contributed by atoms with Gasteiger partial charge in [-0.2, -0.15) is 0 Å². The van der Waals surface area contributed by atoms with Crippen LogP contribution in [-0.4, -0.2) is 30.4 Å². The van der Waals surface area contributed by atoms with Gasteiger partial charge in [-0.15, -0.1) is 6.42 Å². The average Bonchev–Trinajstić information content (AvgIpc) is 2.42. The van der Waals surface area contributed by atoms with Crippen LogP contribution in [0.4, 0.5) is 0 Å². The summed E-state index contributed by atoms with van der Waals surface area (Å²) in [6, 6.07) is 7.79. The van der Waals surface area contributed by atoms with Crippen LogP contribution in [0.15, 0.2) is 24.3 Å². The molecular formula is C16H23NO2. The van der Waals surface area contributed by atoms with Gasteiger partial charge in [0.25, 0.3) is 0 Å². The van der Waals surface area contributed by atoms with Crippen molar-refractivity contribution in [2.45, 2.75) is 38.8 Å². The Bertz CT molecular complexity index is 394. The molecule has 0 aliphatic carbocycles. The first kappa shape index (κ1) is 15.6. The minimum atomic E-state index is -0.561. The van der Waals surface area contributed by atoms with Gasteiger partial charge in [0, 0.05) is 6.54 Å². The van der Waals surface area contributed by atoms with E-state index >= 15 is 0 Å². The fourth-order valence-corrected chi connectivity index (χ4v) is 1.70. The van der Waals surface area contributed by atoms with Gasteiger partial charge in [-0.05, 0) is 25.5 Å². The Kier molecular flexibility index (Phi) is 7.02. The van der Waals surface area contributed by atoms with Gasteiger partial charge in [0.05, 0.1) is 6.04 Å². The van der Waals surface area contributed by atoms with Gasteiger partial charge < -0.3 is 15.2 Å². The molecule has 3 nitrogen and oxygen atoms in total. The molecule has 19 heavy (non-hydrogen) atoms. The third kappa shape index (κ3) is 6.28. The van der Waals surface area contributed by atoms with Crippen molar-refractivity contribution >= 4 is 0 Å². The number of rotatable bonds is 8. The van der Waals surface area contributed by atoms with E-state index in [4.69, 9.17) is 11.2 Å². The quantitative estimate of drug-likeness (QED) is 0.704. The highest BCUT2D eigenvalue weighted by Crippen LogP contribution is 2.11. The van der Waals surface area contributed by atoms with Crippen LogP contribution in [0.3, 0.4) is 0 Å². The van der Waals surface area contributed by atoms with Crippen LogP contribution in [0.5, 0.6) is 5.75 Å². The van der Waals surface area contributed by atoms with Gasteiger partial charge in [-0.3, -0.25) is 0 Å². The molecule has 0 radical (unpaired) electrons. The molecule has 1 aromatic rings. The summed E-state index contributed by atoms with van der Waals surface area (Å²) >= 11 is 0. The van der Waals surface area contributed by atoms with Crippen LogP contribution in [0, 0.1) is 19.3 Å². The number of hydrogen-bond donors (Lipinski definition) is 2. The van der Waals surface area contributed by atoms with Crippen LogP contribution in [-0.2, 0) is 0 Å². The third-order valence-electron chi connectivity index (χ3n) is 2.84. The summed E-state index contributed by atoms with van der Waals surface area (Å²) in [6.45, 7) is 4.82. The van der Waals surface area contributed by atoms with E-state index in [-0.39, 0.29) is 12.6 Å². The van der Waals surface area contributed by atoms with Crippen molar-refractivity contribution in [3.05, 3.63) is 29.8 Å². The maximum atomic E-state index is 9.82. The van der Waals surface area contributed by atoms with Gasteiger partial charge in [0.15, 0.2) is 0 Å². The Morgan fingerprint density at radius 3 is 2.63 bits per heavy atom. The summed E-state index contributed by atoms with van der Waals surface area (Å²) < 4.78 is 5.51. The zero-order chi connectivity index (χ0) is 14.1. The molecule has 0 amide bonds. The van der Waals surface area contributed by atoms with Crippen LogP contribution >= 0.6 is 0 Å². The smallest absolute Gasteiger partial charge is 0.119 e. The first-order valence-electron chi connectivity index (χ1n) is 6.72. The van der Waals surface area contributed by atoms with E-state index in [1.165, 1.54) is 5.56 Å². The van der Waals surface area contributed by atoms with Gasteiger partial charge in [0.1, 0.15) is 18.5 Å². The van der Waals surface area contributed by atoms with Gasteiger partial charge in [-0.1, -0.05) is 37.0 Å². The van der Waals surface area contributed by atoms with E-state index in [0.29, 0.717) is 6.54 Å². The minimum Gasteiger partial charge on any atom is -0.491 e. The molecule has 104 valence electrons. The van der Waals surface area contributed by atoms with Crippen LogP contribution in [0.1, 0.15) is 25.3 Å². The molecule has 0 saturated carbocycles. The SMILES string of the molecule is C#CC(CCC)NCC(O)COc1ccc(C)cc1. The number of ether oxygens (including phenoxy) is 1. The lowest BCUT2D eigenvalue weighted by Crippen LogP contribution is -2.37. The fourth-order valence-electron chi connectivity index (χ4n) is 1.70. The van der Waals surface area contributed by atoms with Crippen molar-refractivity contribution < 1.29 is 9.84 Å². The number of aliphatic hydroxyl groups excluding tert-OH is 1. The molecule has 0 aliphatic rings. The Labute approximate surface area is 116 Å². The Morgan fingerprint density at radius 2 is 2.05 bits per heavy atom. The molecule has 0 aromatic heterocycles. The molecule has 0 saturated heterocycles. The van der Waals surface area contributed by atoms with Crippen molar-refractivity contribution in [2.24, 2.45) is 0 Å². The normalized spacial score (nSPS) is 13.6. The summed E-state index contributed by atoms with van der Waals surface area (Å²) in [5.41, 5.74) is 1.19. The van der Waals surface area contributed by atoms with Crippen molar-refractivity contribution in [2.75, 3.05) is 13.2 Å². The van der Waals surface area contributed by atoms with Gasteiger partial charge in [0.2, 0.25) is 0 Å². The standard InChI is InChI=1S/C16H23NO2/c1-4-6-14(5-2)17-11-15(18)12-19-16-9-7-13(3)8-10-16/h2,7-10,14-15,17-18H,4,6,11-12H2,1,3H3. The fraction of sp³-hybridized carbons (Fsp3) is 0.500. The van der Waals surface area contributed by atoms with E-state index < -0.39 is 6.10 Å². The monoisotopic (exact) mass is 261 g/mol. The maximum Gasteiger partial charge on any atom is 0.119 e. The molecule has 0 heterocycles. The zero-order valence-electron chi connectivity index (χ0n) is 11.7. The van der Waals surface area contributed by atoms with Crippen molar-refractivity contribution in [3.8, 4) is 18.1 Å². The number of benzene rings is 1. The van der Waals surface area contributed by atoms with Crippen LogP contribution in [0.2, 0.25) is 0 Å². The van der Waals surface area contributed by atoms with Crippen molar-refractivity contribution in [1.82, 2.24) is 5.32 Å². The summed E-state index contributed by atoms with van der Waals surface area (Å²) in [5.74, 6) is 3.45. The minimum absolute atomic E-state index is 0.0269. The van der Waals surface area contributed by atoms with Crippen molar-refractivity contribution in [1.29, 1.82) is 0 Å². The molecule has 0 fully saturated rings. The number of aliphatic hydroxyl groups is 1. The van der Waals surface area contributed by atoms with E-state index in [2.05, 4.69) is 18.2 Å². The first-order valence-corrected chi connectivity index (χ1v) is 6.72. The van der Waals surface area contributed by atoms with Crippen LogP contribution in [0.25, 0.3) is 0 Å². The molecule has 2 unspecified atom stereocenters. The topological polar surface area (TPSA) is 41.5 Å². The summed E-state index contributed by atoms with van der Waals surface area (Å²) in [5, 5.41) is 13.0. The molecule has 0 spiro atoms. The van der Waals surface area contributed by atoms with Gasteiger partial charge in [-0.25, -0.2) is 0 Å². The highest BCUT2D eigenvalue weighted by Gasteiger charge is 2.08. The molecule has 2 N–H and O–H groups in total. The average molecular weight is 261 g/mol. The molecule has 1 rings (SSSR count). The number of aryl methyl sites for hydroxylation is 1. The number of hydrogen-bond acceptors (Lipinski definition) is 3. The molecule has 1 aromatic carbocycles. The lowest BCUT2D eigenvalue weighted by atomic mass is 10.2. The number of nitrogens with one attached hydrogen (secondary N) is 1. The second-order valence-corrected chi connectivity index (χ2v) is 4.69. The Balaban J connectivity index is 2.26. The second-order valence-electron chi connectivity index (χ2n) is 4.69. The van der Waals surface area contributed by atoms with Gasteiger partial charge >= 0.3 is 0 Å². The largest absolute Gasteiger partial charge is 0.491 e. The maximum absolute atomic E-state index is 9.82. The Morgan fingerprint density at radius 1 is 1.37 bits per heavy atom. The van der Waals surface area contributed by atoms with E-state index in [9.17, 15) is 5.11 Å². The molecule has 0 bridgehead atoms. The molecule has 2 atom stereocenters. The molecule has 3 heteroatoms. The van der Waals surface area contributed by atoms with Crippen LogP contribution < -0.4 is 10.1 Å². The first-order chi connectivity index (χ1) is 9.15. The van der Waals surface area contributed by atoms with E-state index in [0.717, 1.165) is 18.6 Å². The van der Waals surface area contributed by atoms with E-state index in [1.807, 2.05) is 31.2 Å². The molecule has 0 aliphatic heterocycles. The van der Waals surface area contributed by atoms with E-state index in [1.54, 1.807) is 0 Å². The highest BCUT2D eigenvalue weighted by atomic mass is 16.5. The lowest BCUT2D eigenvalue weighted by Gasteiger charge is -2.16. The summed E-state index contributed by atoms with van der Waals surface area (Å²) in [4.78, 5) is 0. The Hall–Kier alpha value is -1.50. The highest BCUT2D eigenvalue weighted by molar-refractivity contribution is 5.26. The second kappa shape index (κ2) is 8.58. The zero-order valence-corrected chi connectivity index (χ0v) is 11.7.